The molecular formula is C10H14O2. The van der Waals surface area contributed by atoms with Crippen LogP contribution in [0, 0.1) is 23.7 Å². The van der Waals surface area contributed by atoms with Crippen LogP contribution >= 0.6 is 0 Å². The highest BCUT2D eigenvalue weighted by atomic mass is 16.3. The fourth-order valence-corrected chi connectivity index (χ4v) is 3.69. The number of hydrogen-bond donors (Lipinski definition) is 1. The van der Waals surface area contributed by atoms with Crippen molar-refractivity contribution in [3.05, 3.63) is 0 Å². The molecule has 4 bridgehead atoms. The minimum atomic E-state index is -0.139. The van der Waals surface area contributed by atoms with Crippen LogP contribution in [0.1, 0.15) is 25.7 Å². The van der Waals surface area contributed by atoms with Crippen molar-refractivity contribution in [1.29, 1.82) is 0 Å². The van der Waals surface area contributed by atoms with E-state index in [-0.39, 0.29) is 17.9 Å². The lowest BCUT2D eigenvalue weighted by molar-refractivity contribution is -0.133. The van der Waals surface area contributed by atoms with Crippen molar-refractivity contribution in [3.63, 3.8) is 0 Å². The first-order valence-electron chi connectivity index (χ1n) is 5.01. The summed E-state index contributed by atoms with van der Waals surface area (Å²) in [6.07, 6.45) is 4.17. The second-order valence-electron chi connectivity index (χ2n) is 4.59. The van der Waals surface area contributed by atoms with Gasteiger partial charge >= 0.3 is 0 Å². The van der Waals surface area contributed by atoms with E-state index < -0.39 is 0 Å². The van der Waals surface area contributed by atoms with Crippen LogP contribution in [0.2, 0.25) is 0 Å². The normalized spacial score (nSPS) is 56.4. The van der Waals surface area contributed by atoms with E-state index >= 15 is 0 Å². The Labute approximate surface area is 72.0 Å². The topological polar surface area (TPSA) is 37.3 Å². The molecule has 0 spiro atoms. The van der Waals surface area contributed by atoms with Gasteiger partial charge in [-0.15, -0.1) is 0 Å². The zero-order valence-corrected chi connectivity index (χ0v) is 7.07. The highest BCUT2D eigenvalue weighted by molar-refractivity contribution is 5.87. The maximum absolute atomic E-state index is 11.7. The zero-order valence-electron chi connectivity index (χ0n) is 7.07. The molecule has 5 atom stereocenters. The van der Waals surface area contributed by atoms with Gasteiger partial charge in [-0.25, -0.2) is 0 Å². The van der Waals surface area contributed by atoms with E-state index in [0.29, 0.717) is 17.6 Å². The minimum Gasteiger partial charge on any atom is -0.393 e. The summed E-state index contributed by atoms with van der Waals surface area (Å²) >= 11 is 0. The van der Waals surface area contributed by atoms with Gasteiger partial charge in [-0.05, 0) is 37.5 Å². The van der Waals surface area contributed by atoms with Crippen LogP contribution in [0.15, 0.2) is 0 Å². The lowest BCUT2D eigenvalue weighted by Crippen LogP contribution is -2.39. The Bertz CT molecular complexity index is 214. The Kier molecular flexibility index (Phi) is 1.24. The van der Waals surface area contributed by atoms with Crippen LogP contribution in [0.25, 0.3) is 0 Å². The summed E-state index contributed by atoms with van der Waals surface area (Å²) in [6, 6.07) is 0. The maximum Gasteiger partial charge on any atom is 0.139 e. The summed E-state index contributed by atoms with van der Waals surface area (Å²) in [5.74, 6) is 1.63. The molecular weight excluding hydrogens is 152 g/mol. The molecule has 2 nitrogen and oxygen atoms in total. The predicted octanol–water partition coefficient (Wildman–Crippen LogP) is 0.982. The molecule has 0 aromatic heterocycles. The van der Waals surface area contributed by atoms with Gasteiger partial charge in [0.25, 0.3) is 0 Å². The van der Waals surface area contributed by atoms with Crippen LogP contribution in [0.4, 0.5) is 0 Å². The first-order valence-corrected chi connectivity index (χ1v) is 5.01. The van der Waals surface area contributed by atoms with Crippen molar-refractivity contribution in [3.8, 4) is 0 Å². The van der Waals surface area contributed by atoms with Gasteiger partial charge in [0, 0.05) is 11.8 Å². The van der Waals surface area contributed by atoms with Crippen molar-refractivity contribution in [2.75, 3.05) is 0 Å². The molecule has 0 saturated heterocycles. The van der Waals surface area contributed by atoms with Gasteiger partial charge in [0.05, 0.1) is 6.10 Å². The predicted molar refractivity (Wildman–Crippen MR) is 43.4 cm³/mol. The number of carbonyl (C=O) groups is 1. The van der Waals surface area contributed by atoms with Crippen molar-refractivity contribution < 1.29 is 9.90 Å². The average molecular weight is 166 g/mol. The molecule has 0 heterocycles. The Morgan fingerprint density at radius 1 is 1.00 bits per heavy atom. The van der Waals surface area contributed by atoms with Gasteiger partial charge in [-0.2, -0.15) is 0 Å². The van der Waals surface area contributed by atoms with E-state index in [1.165, 1.54) is 0 Å². The van der Waals surface area contributed by atoms with E-state index in [1.807, 2.05) is 0 Å². The Hall–Kier alpha value is -0.370. The number of Topliss-reactive ketones (excluding diaryl/α,β-unsaturated/α-hetero) is 1. The molecule has 0 amide bonds. The van der Waals surface area contributed by atoms with Gasteiger partial charge in [0.2, 0.25) is 0 Å². The smallest absolute Gasteiger partial charge is 0.139 e. The number of rotatable bonds is 0. The summed E-state index contributed by atoms with van der Waals surface area (Å²) in [4.78, 5) is 11.7. The largest absolute Gasteiger partial charge is 0.393 e. The molecule has 12 heavy (non-hydrogen) atoms. The summed E-state index contributed by atoms with van der Waals surface area (Å²) < 4.78 is 0. The number of carbonyl (C=O) groups excluding carboxylic acids is 1. The summed E-state index contributed by atoms with van der Waals surface area (Å²) in [5, 5.41) is 9.86. The third-order valence-electron chi connectivity index (χ3n) is 4.26. The average Bonchev–Trinajstić information content (AvgIpc) is 2.41. The monoisotopic (exact) mass is 166 g/mol. The van der Waals surface area contributed by atoms with Crippen molar-refractivity contribution in [2.24, 2.45) is 23.7 Å². The minimum absolute atomic E-state index is 0.139. The molecule has 0 radical (unpaired) electrons. The van der Waals surface area contributed by atoms with Crippen LogP contribution < -0.4 is 0 Å². The van der Waals surface area contributed by atoms with Crippen molar-refractivity contribution in [2.45, 2.75) is 31.8 Å². The highest BCUT2D eigenvalue weighted by Crippen LogP contribution is 2.53. The third-order valence-corrected chi connectivity index (χ3v) is 4.26. The second-order valence-corrected chi connectivity index (χ2v) is 4.59. The van der Waals surface area contributed by atoms with Crippen LogP contribution in [0.3, 0.4) is 0 Å². The zero-order chi connectivity index (χ0) is 8.29. The number of ketones is 1. The van der Waals surface area contributed by atoms with Crippen LogP contribution in [-0.4, -0.2) is 17.0 Å². The van der Waals surface area contributed by atoms with E-state index in [1.54, 1.807) is 0 Å². The van der Waals surface area contributed by atoms with Gasteiger partial charge < -0.3 is 5.11 Å². The lowest BCUT2D eigenvalue weighted by Gasteiger charge is -2.30. The molecule has 3 saturated carbocycles. The first-order chi connectivity index (χ1) is 5.79. The molecule has 1 unspecified atom stereocenters. The molecule has 3 aliphatic rings. The molecule has 3 aliphatic carbocycles. The molecule has 0 aromatic rings. The number of aliphatic hydroxyl groups is 1. The van der Waals surface area contributed by atoms with Gasteiger partial charge in [-0.1, -0.05) is 0 Å². The fraction of sp³-hybridized carbons (Fsp3) is 0.900. The molecule has 0 aromatic carbocycles. The molecule has 2 heteroatoms. The van der Waals surface area contributed by atoms with Crippen molar-refractivity contribution >= 4 is 5.78 Å². The van der Waals surface area contributed by atoms with E-state index in [4.69, 9.17) is 0 Å². The Morgan fingerprint density at radius 3 is 2.00 bits per heavy atom. The van der Waals surface area contributed by atoms with Gasteiger partial charge in [0.15, 0.2) is 0 Å². The Balaban J connectivity index is 2.04. The number of aliphatic hydroxyl groups excluding tert-OH is 1. The fourth-order valence-electron chi connectivity index (χ4n) is 3.69. The van der Waals surface area contributed by atoms with Crippen LogP contribution in [-0.2, 0) is 4.79 Å². The number of fused-ring (bicyclic) bond motifs is 6. The summed E-state index contributed by atoms with van der Waals surface area (Å²) in [5.41, 5.74) is 0. The number of hydrogen-bond acceptors (Lipinski definition) is 2. The van der Waals surface area contributed by atoms with Crippen molar-refractivity contribution in [1.82, 2.24) is 0 Å². The van der Waals surface area contributed by atoms with Gasteiger partial charge in [0.1, 0.15) is 5.78 Å². The SMILES string of the molecule is O=C1[C@H]2CC[C@@H]1[C@H]1CC[C@@H]2C1O. The van der Waals surface area contributed by atoms with E-state index in [0.717, 1.165) is 25.7 Å². The summed E-state index contributed by atoms with van der Waals surface area (Å²) in [6.45, 7) is 0. The highest BCUT2D eigenvalue weighted by Gasteiger charge is 2.56. The first kappa shape index (κ1) is 7.07. The summed E-state index contributed by atoms with van der Waals surface area (Å²) in [7, 11) is 0. The second kappa shape index (κ2) is 2.11. The quantitative estimate of drug-likeness (QED) is 0.582. The lowest BCUT2D eigenvalue weighted by atomic mass is 9.76. The van der Waals surface area contributed by atoms with E-state index in [2.05, 4.69) is 0 Å². The molecule has 1 N–H and O–H groups in total. The Morgan fingerprint density at radius 2 is 1.50 bits per heavy atom. The standard InChI is InChI=1S/C10H14O2/c11-9-5-1-2-6(9)8-4-3-7(5)10(8)12/h5-9,11H,1-4H2/t5-,6+,7-,8+,9?. The molecule has 66 valence electrons. The molecule has 0 aliphatic heterocycles. The van der Waals surface area contributed by atoms with Gasteiger partial charge in [-0.3, -0.25) is 4.79 Å². The molecule has 3 rings (SSSR count). The van der Waals surface area contributed by atoms with Crippen LogP contribution in [0.5, 0.6) is 0 Å². The van der Waals surface area contributed by atoms with E-state index in [9.17, 15) is 9.90 Å². The molecule has 3 fully saturated rings. The maximum atomic E-state index is 11.7. The third kappa shape index (κ3) is 0.634.